The van der Waals surface area contributed by atoms with E-state index in [0.717, 1.165) is 4.31 Å². The van der Waals surface area contributed by atoms with Gasteiger partial charge in [-0.2, -0.15) is 8.78 Å². The highest BCUT2D eigenvalue weighted by molar-refractivity contribution is 7.82. The number of anilines is 1. The van der Waals surface area contributed by atoms with Gasteiger partial charge in [-0.3, -0.25) is 0 Å². The molecule has 0 heterocycles. The van der Waals surface area contributed by atoms with Crippen LogP contribution in [-0.2, 0) is 4.74 Å². The quantitative estimate of drug-likeness (QED) is 0.734. The first kappa shape index (κ1) is 18.2. The number of methoxy groups -OCH3 is 1. The number of thiol groups is 1. The molecule has 0 atom stereocenters. The Bertz CT molecular complexity index is 715. The number of amides is 1. The highest BCUT2D eigenvalue weighted by atomic mass is 35.5. The minimum atomic E-state index is -2.89. The van der Waals surface area contributed by atoms with Crippen molar-refractivity contribution in [2.75, 3.05) is 11.4 Å². The molecule has 0 aliphatic rings. The van der Waals surface area contributed by atoms with Crippen LogP contribution >= 0.6 is 24.4 Å². The lowest BCUT2D eigenvalue weighted by molar-refractivity contribution is -0.0498. The first-order valence-corrected chi connectivity index (χ1v) is 7.27. The Morgan fingerprint density at radius 2 is 1.79 bits per heavy atom. The van der Waals surface area contributed by atoms with Crippen LogP contribution in [0.25, 0.3) is 0 Å². The van der Waals surface area contributed by atoms with Crippen LogP contribution < -0.4 is 13.8 Å². The zero-order chi connectivity index (χ0) is 17.7. The van der Waals surface area contributed by atoms with E-state index in [-0.39, 0.29) is 10.8 Å². The highest BCUT2D eigenvalue weighted by Gasteiger charge is 2.14. The number of carbonyl (C=O) groups is 1. The first-order valence-electron chi connectivity index (χ1n) is 6.50. The van der Waals surface area contributed by atoms with E-state index in [1.165, 1.54) is 43.5 Å². The minimum Gasteiger partial charge on any atom is -0.456 e. The third-order valence-electron chi connectivity index (χ3n) is 2.78. The molecule has 0 saturated carbocycles. The Morgan fingerprint density at radius 3 is 2.33 bits per heavy atom. The number of hydrogen-bond acceptors (Lipinski definition) is 5. The van der Waals surface area contributed by atoms with Crippen LogP contribution in [-0.4, -0.2) is 19.8 Å². The smallest absolute Gasteiger partial charge is 0.424 e. The summed E-state index contributed by atoms with van der Waals surface area (Å²) in [5.74, 6) is 0.707. The molecule has 24 heavy (non-hydrogen) atoms. The molecule has 0 bridgehead atoms. The van der Waals surface area contributed by atoms with E-state index >= 15 is 0 Å². The van der Waals surface area contributed by atoms with Gasteiger partial charge in [-0.05, 0) is 42.5 Å². The average Bonchev–Trinajstić information content (AvgIpc) is 2.56. The fourth-order valence-electron chi connectivity index (χ4n) is 1.71. The fraction of sp³-hybridized carbons (Fsp3) is 0.133. The Balaban J connectivity index is 2.11. The molecule has 0 N–H and O–H groups in total. The monoisotopic (exact) mass is 375 g/mol. The second-order valence-corrected chi connectivity index (χ2v) is 5.16. The predicted molar refractivity (Wildman–Crippen MR) is 88.5 cm³/mol. The van der Waals surface area contributed by atoms with Crippen LogP contribution in [0, 0.1) is 0 Å². The van der Waals surface area contributed by atoms with Crippen LogP contribution in [0.1, 0.15) is 0 Å². The molecule has 2 aromatic rings. The topological polar surface area (TPSA) is 48.0 Å². The van der Waals surface area contributed by atoms with Crippen LogP contribution in [0.2, 0.25) is 5.02 Å². The summed E-state index contributed by atoms with van der Waals surface area (Å²) in [5.41, 5.74) is 0.392. The van der Waals surface area contributed by atoms with Crippen LogP contribution in [0.15, 0.2) is 42.5 Å². The summed E-state index contributed by atoms with van der Waals surface area (Å²) in [7, 11) is 1.23. The van der Waals surface area contributed by atoms with E-state index in [1.54, 1.807) is 6.07 Å². The standard InChI is InChI=1S/C15H12ClF2NO4S/c1-21-15(20)19(24)9-2-7-13(12(16)8-9)22-10-3-5-11(6-4-10)23-14(17)18/h2-8,14,24H,1H3. The van der Waals surface area contributed by atoms with Gasteiger partial charge in [-0.15, -0.1) is 0 Å². The highest BCUT2D eigenvalue weighted by Crippen LogP contribution is 2.34. The second kappa shape index (κ2) is 8.07. The van der Waals surface area contributed by atoms with E-state index in [2.05, 4.69) is 22.3 Å². The molecule has 128 valence electrons. The molecule has 0 fully saturated rings. The van der Waals surface area contributed by atoms with Crippen molar-refractivity contribution in [2.24, 2.45) is 0 Å². The lowest BCUT2D eigenvalue weighted by Gasteiger charge is -2.15. The Labute approximate surface area is 147 Å². The zero-order valence-corrected chi connectivity index (χ0v) is 13.9. The fourth-order valence-corrected chi connectivity index (χ4v) is 2.13. The van der Waals surface area contributed by atoms with Crippen molar-refractivity contribution in [1.82, 2.24) is 0 Å². The van der Waals surface area contributed by atoms with E-state index < -0.39 is 12.7 Å². The average molecular weight is 376 g/mol. The number of hydrogen-bond donors (Lipinski definition) is 1. The number of nitrogens with zero attached hydrogens (tertiary/aromatic N) is 1. The molecule has 0 saturated heterocycles. The molecule has 0 aromatic heterocycles. The molecule has 2 aromatic carbocycles. The number of rotatable bonds is 5. The summed E-state index contributed by atoms with van der Waals surface area (Å²) in [4.78, 5) is 11.4. The van der Waals surface area contributed by atoms with Crippen LogP contribution in [0.5, 0.6) is 17.2 Å². The summed E-state index contributed by atoms with van der Waals surface area (Å²) in [5, 5.41) is 0.225. The number of halogens is 3. The molecule has 0 aliphatic heterocycles. The Hall–Kier alpha value is -2.19. The number of alkyl halides is 2. The maximum atomic E-state index is 12.1. The van der Waals surface area contributed by atoms with Crippen molar-refractivity contribution in [1.29, 1.82) is 0 Å². The molecule has 0 aliphatic carbocycles. The Morgan fingerprint density at radius 1 is 1.17 bits per heavy atom. The normalized spacial score (nSPS) is 10.4. The van der Waals surface area contributed by atoms with Gasteiger partial charge in [0.25, 0.3) is 0 Å². The van der Waals surface area contributed by atoms with E-state index in [1.807, 2.05) is 0 Å². The summed E-state index contributed by atoms with van der Waals surface area (Å²) >= 11 is 10.1. The molecular formula is C15H12ClF2NO4S. The second-order valence-electron chi connectivity index (χ2n) is 4.35. The van der Waals surface area contributed by atoms with Gasteiger partial charge >= 0.3 is 12.7 Å². The predicted octanol–water partition coefficient (Wildman–Crippen LogP) is 5.15. The van der Waals surface area contributed by atoms with Crippen molar-refractivity contribution in [3.63, 3.8) is 0 Å². The molecule has 9 heteroatoms. The van der Waals surface area contributed by atoms with Crippen molar-refractivity contribution < 1.29 is 27.8 Å². The van der Waals surface area contributed by atoms with Gasteiger partial charge in [0.05, 0.1) is 17.8 Å². The van der Waals surface area contributed by atoms with Crippen molar-refractivity contribution >= 4 is 36.2 Å². The third-order valence-corrected chi connectivity index (χ3v) is 3.47. The lowest BCUT2D eigenvalue weighted by Crippen LogP contribution is -2.20. The molecular weight excluding hydrogens is 364 g/mol. The molecule has 0 spiro atoms. The zero-order valence-electron chi connectivity index (χ0n) is 12.3. The minimum absolute atomic E-state index is 0.0163. The van der Waals surface area contributed by atoms with E-state index in [9.17, 15) is 13.6 Å². The summed E-state index contributed by atoms with van der Waals surface area (Å²) in [6.07, 6.45) is -0.669. The molecule has 1 amide bonds. The van der Waals surface area contributed by atoms with Crippen molar-refractivity contribution in [3.8, 4) is 17.2 Å². The van der Waals surface area contributed by atoms with E-state index in [4.69, 9.17) is 16.3 Å². The van der Waals surface area contributed by atoms with E-state index in [0.29, 0.717) is 17.2 Å². The summed E-state index contributed by atoms with van der Waals surface area (Å²) < 4.78 is 39.5. The summed E-state index contributed by atoms with van der Waals surface area (Å²) in [6.45, 7) is -2.89. The maximum absolute atomic E-state index is 12.1. The van der Waals surface area contributed by atoms with Crippen LogP contribution in [0.4, 0.5) is 19.3 Å². The summed E-state index contributed by atoms with van der Waals surface area (Å²) in [6, 6.07) is 10.2. The van der Waals surface area contributed by atoms with Gasteiger partial charge < -0.3 is 14.2 Å². The number of carbonyl (C=O) groups excluding carboxylic acids is 1. The van der Waals surface area contributed by atoms with Crippen molar-refractivity contribution in [2.45, 2.75) is 6.61 Å². The third kappa shape index (κ3) is 4.65. The van der Waals surface area contributed by atoms with Crippen molar-refractivity contribution in [3.05, 3.63) is 47.5 Å². The maximum Gasteiger partial charge on any atom is 0.424 e. The van der Waals surface area contributed by atoms with Gasteiger partial charge in [0.15, 0.2) is 0 Å². The SMILES string of the molecule is COC(=O)N(S)c1ccc(Oc2ccc(OC(F)F)cc2)c(Cl)c1. The molecule has 5 nitrogen and oxygen atoms in total. The van der Waals surface area contributed by atoms with Gasteiger partial charge in [0.2, 0.25) is 0 Å². The lowest BCUT2D eigenvalue weighted by atomic mass is 10.3. The molecule has 2 rings (SSSR count). The molecule has 0 radical (unpaired) electrons. The van der Waals surface area contributed by atoms with Gasteiger partial charge in [0, 0.05) is 0 Å². The van der Waals surface area contributed by atoms with Gasteiger partial charge in [0.1, 0.15) is 17.2 Å². The number of benzene rings is 2. The largest absolute Gasteiger partial charge is 0.456 e. The van der Waals surface area contributed by atoms with Crippen LogP contribution in [0.3, 0.4) is 0 Å². The van der Waals surface area contributed by atoms with Gasteiger partial charge in [-0.1, -0.05) is 24.4 Å². The first-order chi connectivity index (χ1) is 11.4. The van der Waals surface area contributed by atoms with Gasteiger partial charge in [-0.25, -0.2) is 9.10 Å². The molecule has 0 unspecified atom stereocenters. The number of ether oxygens (including phenoxy) is 3. The Kier molecular flexibility index (Phi) is 6.10.